The van der Waals surface area contributed by atoms with Crippen LogP contribution >= 0.6 is 0 Å². The van der Waals surface area contributed by atoms with Crippen LogP contribution in [0.3, 0.4) is 0 Å². The quantitative estimate of drug-likeness (QED) is 0.839. The minimum atomic E-state index is -4.59. The number of methoxy groups -OCH3 is 1. The lowest BCUT2D eigenvalue weighted by atomic mass is 10.1. The Morgan fingerprint density at radius 1 is 1.18 bits per heavy atom. The highest BCUT2D eigenvalue weighted by Crippen LogP contribution is 2.34. The summed E-state index contributed by atoms with van der Waals surface area (Å²) in [6, 6.07) is 2.70. The van der Waals surface area contributed by atoms with Gasteiger partial charge in [0.1, 0.15) is 6.04 Å². The molecule has 1 unspecified atom stereocenters. The van der Waals surface area contributed by atoms with Crippen molar-refractivity contribution in [1.82, 2.24) is 5.32 Å². The Hall–Kier alpha value is -2.25. The molecule has 0 radical (unpaired) electrons. The van der Waals surface area contributed by atoms with Gasteiger partial charge in [0, 0.05) is 0 Å². The van der Waals surface area contributed by atoms with Gasteiger partial charge in [0.05, 0.1) is 18.4 Å². The van der Waals surface area contributed by atoms with E-state index in [4.69, 9.17) is 0 Å². The molecule has 1 atom stereocenters. The number of carbonyl (C=O) groups excluding carboxylic acids is 2. The monoisotopic (exact) mass is 318 g/mol. The minimum Gasteiger partial charge on any atom is -0.467 e. The highest BCUT2D eigenvalue weighted by Gasteiger charge is 2.34. The number of amides is 2. The van der Waals surface area contributed by atoms with E-state index < -0.39 is 29.8 Å². The lowest BCUT2D eigenvalue weighted by molar-refractivity contribution is -0.144. The van der Waals surface area contributed by atoms with E-state index >= 15 is 0 Å². The van der Waals surface area contributed by atoms with Crippen molar-refractivity contribution < 1.29 is 27.5 Å². The molecule has 2 amide bonds. The normalized spacial score (nSPS) is 12.7. The van der Waals surface area contributed by atoms with Crippen LogP contribution < -0.4 is 10.6 Å². The van der Waals surface area contributed by atoms with Gasteiger partial charge in [-0.15, -0.1) is 0 Å². The number of benzene rings is 1. The lowest BCUT2D eigenvalue weighted by Gasteiger charge is -2.21. The van der Waals surface area contributed by atoms with E-state index in [9.17, 15) is 22.8 Å². The molecule has 0 saturated carbocycles. The van der Waals surface area contributed by atoms with Gasteiger partial charge in [0.25, 0.3) is 0 Å². The second-order valence-corrected chi connectivity index (χ2v) is 4.89. The van der Waals surface area contributed by atoms with Crippen LogP contribution in [-0.4, -0.2) is 25.2 Å². The van der Waals surface area contributed by atoms with E-state index in [0.717, 1.165) is 19.2 Å². The number of rotatable bonds is 4. The maximum Gasteiger partial charge on any atom is 0.418 e. The van der Waals surface area contributed by atoms with Gasteiger partial charge in [-0.25, -0.2) is 9.59 Å². The van der Waals surface area contributed by atoms with E-state index in [0.29, 0.717) is 0 Å². The highest BCUT2D eigenvalue weighted by atomic mass is 19.4. The summed E-state index contributed by atoms with van der Waals surface area (Å²) in [5.74, 6) is -0.953. The Labute approximate surface area is 125 Å². The van der Waals surface area contributed by atoms with Crippen molar-refractivity contribution in [2.75, 3.05) is 12.4 Å². The van der Waals surface area contributed by atoms with Gasteiger partial charge in [-0.3, -0.25) is 0 Å². The predicted molar refractivity (Wildman–Crippen MR) is 74.2 cm³/mol. The molecule has 0 saturated heterocycles. The standard InChI is InChI=1S/C14H17F3N2O3/c1-8(2)11(12(20)22-3)19-13(21)18-10-7-5-4-6-9(10)14(15,16)17/h4-8,11H,1-3H3,(H2,18,19,21). The third-order valence-corrected chi connectivity index (χ3v) is 2.89. The summed E-state index contributed by atoms with van der Waals surface area (Å²) in [5.41, 5.74) is -1.36. The zero-order chi connectivity index (χ0) is 16.9. The van der Waals surface area contributed by atoms with Crippen molar-refractivity contribution >= 4 is 17.7 Å². The number of carbonyl (C=O) groups is 2. The Kier molecular flexibility index (Phi) is 5.78. The van der Waals surface area contributed by atoms with Crippen molar-refractivity contribution in [2.45, 2.75) is 26.1 Å². The van der Waals surface area contributed by atoms with Gasteiger partial charge in [-0.2, -0.15) is 13.2 Å². The summed E-state index contributed by atoms with van der Waals surface area (Å²) >= 11 is 0. The molecular weight excluding hydrogens is 301 g/mol. The maximum atomic E-state index is 12.8. The summed E-state index contributed by atoms with van der Waals surface area (Å²) in [4.78, 5) is 23.4. The Morgan fingerprint density at radius 2 is 1.77 bits per heavy atom. The topological polar surface area (TPSA) is 67.4 Å². The lowest BCUT2D eigenvalue weighted by Crippen LogP contribution is -2.46. The molecule has 0 heterocycles. The summed E-state index contributed by atoms with van der Waals surface area (Å²) in [7, 11) is 1.16. The molecule has 5 nitrogen and oxygen atoms in total. The molecular formula is C14H17F3N2O3. The smallest absolute Gasteiger partial charge is 0.418 e. The third-order valence-electron chi connectivity index (χ3n) is 2.89. The van der Waals surface area contributed by atoms with Gasteiger partial charge < -0.3 is 15.4 Å². The molecule has 1 rings (SSSR count). The van der Waals surface area contributed by atoms with Gasteiger partial charge >= 0.3 is 18.2 Å². The molecule has 0 aromatic heterocycles. The molecule has 1 aromatic rings. The number of anilines is 1. The molecule has 1 aromatic carbocycles. The van der Waals surface area contributed by atoms with E-state index in [1.54, 1.807) is 13.8 Å². The van der Waals surface area contributed by atoms with Crippen molar-refractivity contribution in [1.29, 1.82) is 0 Å². The van der Waals surface area contributed by atoms with Crippen LogP contribution in [-0.2, 0) is 15.7 Å². The number of alkyl halides is 3. The van der Waals surface area contributed by atoms with Gasteiger partial charge in [0.2, 0.25) is 0 Å². The second kappa shape index (κ2) is 7.15. The molecule has 0 spiro atoms. The first kappa shape index (κ1) is 17.8. The van der Waals surface area contributed by atoms with Crippen molar-refractivity contribution in [2.24, 2.45) is 5.92 Å². The summed E-state index contributed by atoms with van der Waals surface area (Å²) in [5, 5.41) is 4.41. The summed E-state index contributed by atoms with van der Waals surface area (Å²) < 4.78 is 43.0. The van der Waals surface area contributed by atoms with Crippen LogP contribution in [0, 0.1) is 5.92 Å². The molecule has 0 fully saturated rings. The number of nitrogens with one attached hydrogen (secondary N) is 2. The van der Waals surface area contributed by atoms with Gasteiger partial charge in [-0.1, -0.05) is 26.0 Å². The molecule has 0 aliphatic carbocycles. The zero-order valence-electron chi connectivity index (χ0n) is 12.3. The number of hydrogen-bond acceptors (Lipinski definition) is 3. The van der Waals surface area contributed by atoms with E-state index in [2.05, 4.69) is 15.4 Å². The third kappa shape index (κ3) is 4.64. The number of esters is 1. The van der Waals surface area contributed by atoms with Crippen molar-refractivity contribution in [3.8, 4) is 0 Å². The average molecular weight is 318 g/mol. The first-order chi connectivity index (χ1) is 10.2. The van der Waals surface area contributed by atoms with Crippen LogP contribution in [0.5, 0.6) is 0 Å². The molecule has 22 heavy (non-hydrogen) atoms. The van der Waals surface area contributed by atoms with Crippen LogP contribution in [0.15, 0.2) is 24.3 Å². The first-order valence-corrected chi connectivity index (χ1v) is 6.48. The molecule has 0 aliphatic heterocycles. The predicted octanol–water partition coefficient (Wildman–Crippen LogP) is 3.02. The van der Waals surface area contributed by atoms with E-state index in [1.807, 2.05) is 0 Å². The molecule has 122 valence electrons. The number of hydrogen-bond donors (Lipinski definition) is 2. The van der Waals surface area contributed by atoms with E-state index in [-0.39, 0.29) is 11.6 Å². The fourth-order valence-corrected chi connectivity index (χ4v) is 1.76. The minimum absolute atomic E-state index is 0.281. The number of urea groups is 1. The summed E-state index contributed by atoms with van der Waals surface area (Å²) in [6.45, 7) is 3.34. The van der Waals surface area contributed by atoms with Crippen LogP contribution in [0.25, 0.3) is 0 Å². The van der Waals surface area contributed by atoms with Crippen LogP contribution in [0.4, 0.5) is 23.7 Å². The van der Waals surface area contributed by atoms with Crippen LogP contribution in [0.1, 0.15) is 19.4 Å². The fraction of sp³-hybridized carbons (Fsp3) is 0.429. The molecule has 8 heteroatoms. The Morgan fingerprint density at radius 3 is 2.27 bits per heavy atom. The van der Waals surface area contributed by atoms with E-state index in [1.165, 1.54) is 12.1 Å². The van der Waals surface area contributed by atoms with Gasteiger partial charge in [0.15, 0.2) is 0 Å². The second-order valence-electron chi connectivity index (χ2n) is 4.89. The van der Waals surface area contributed by atoms with Crippen molar-refractivity contribution in [3.63, 3.8) is 0 Å². The maximum absolute atomic E-state index is 12.8. The molecule has 2 N–H and O–H groups in total. The fourth-order valence-electron chi connectivity index (χ4n) is 1.76. The number of para-hydroxylation sites is 1. The van der Waals surface area contributed by atoms with Crippen LogP contribution in [0.2, 0.25) is 0 Å². The van der Waals surface area contributed by atoms with Crippen molar-refractivity contribution in [3.05, 3.63) is 29.8 Å². The molecule has 0 bridgehead atoms. The zero-order valence-corrected chi connectivity index (χ0v) is 12.3. The van der Waals surface area contributed by atoms with Gasteiger partial charge in [-0.05, 0) is 18.1 Å². The molecule has 0 aliphatic rings. The highest BCUT2D eigenvalue weighted by molar-refractivity contribution is 5.93. The number of ether oxygens (including phenoxy) is 1. The number of halogens is 3. The summed E-state index contributed by atoms with van der Waals surface area (Å²) in [6.07, 6.45) is -4.59. The Bertz CT molecular complexity index is 544. The average Bonchev–Trinajstić information content (AvgIpc) is 2.43. The largest absolute Gasteiger partial charge is 0.467 e. The SMILES string of the molecule is COC(=O)C(NC(=O)Nc1ccccc1C(F)(F)F)C(C)C. The Balaban J connectivity index is 2.88. The first-order valence-electron chi connectivity index (χ1n) is 6.48.